The van der Waals surface area contributed by atoms with Gasteiger partial charge in [-0.15, -0.1) is 0 Å². The maximum absolute atomic E-state index is 10.4. The number of phosphoric acid groups is 1. The molecule has 1 rings (SSSR count). The largest absolute Gasteiger partial charge is 0.481 e. The van der Waals surface area contributed by atoms with Crippen molar-refractivity contribution in [3.8, 4) is 0 Å². The quantitative estimate of drug-likeness (QED) is 0.505. The summed E-state index contributed by atoms with van der Waals surface area (Å²) < 4.78 is 14.6. The molecular weight excluding hydrogens is 305 g/mol. The van der Waals surface area contributed by atoms with Gasteiger partial charge >= 0.3 is 7.82 Å². The highest BCUT2D eigenvalue weighted by atomic mass is 35.5. The molecule has 0 aliphatic carbocycles. The number of hydrogen-bond acceptors (Lipinski definition) is 3. The summed E-state index contributed by atoms with van der Waals surface area (Å²) in [5, 5.41) is 0.542. The Bertz CT molecular complexity index is 398. The van der Waals surface area contributed by atoms with Gasteiger partial charge in [-0.25, -0.2) is 8.54 Å². The van der Waals surface area contributed by atoms with Crippen LogP contribution in [0.3, 0.4) is 0 Å². The standard InChI is InChI=1S/C6H4Cl3O4PS/c7-4-1-3(2-5(8)6(4)9)15-13-14(10,11)12/h1-2H,(H2,10,11,12). The summed E-state index contributed by atoms with van der Waals surface area (Å²) in [7, 11) is -4.53. The van der Waals surface area contributed by atoms with E-state index in [9.17, 15) is 4.57 Å². The molecule has 15 heavy (non-hydrogen) atoms. The van der Waals surface area contributed by atoms with E-state index in [1.54, 1.807) is 0 Å². The molecule has 1 aromatic carbocycles. The Morgan fingerprint density at radius 2 is 1.67 bits per heavy atom. The molecule has 0 aromatic heterocycles. The number of rotatable bonds is 3. The lowest BCUT2D eigenvalue weighted by Gasteiger charge is -2.05. The molecule has 0 heterocycles. The third-order valence-electron chi connectivity index (χ3n) is 1.19. The van der Waals surface area contributed by atoms with Gasteiger partial charge in [0.15, 0.2) is 0 Å². The Labute approximate surface area is 105 Å². The van der Waals surface area contributed by atoms with Crippen molar-refractivity contribution in [2.24, 2.45) is 0 Å². The van der Waals surface area contributed by atoms with Crippen LogP contribution in [0.1, 0.15) is 0 Å². The zero-order chi connectivity index (χ0) is 11.6. The second-order valence-corrected chi connectivity index (χ2v) is 5.76. The molecule has 0 radical (unpaired) electrons. The van der Waals surface area contributed by atoms with Gasteiger partial charge in [-0.3, -0.25) is 0 Å². The van der Waals surface area contributed by atoms with Crippen molar-refractivity contribution >= 4 is 54.7 Å². The van der Waals surface area contributed by atoms with Crippen LogP contribution in [0.25, 0.3) is 0 Å². The first kappa shape index (κ1) is 13.6. The molecule has 9 heteroatoms. The van der Waals surface area contributed by atoms with Crippen LogP contribution in [0.4, 0.5) is 0 Å². The molecule has 0 aliphatic rings. The lowest BCUT2D eigenvalue weighted by Crippen LogP contribution is -1.80. The Hall–Kier alpha value is 0.550. The van der Waals surface area contributed by atoms with Crippen LogP contribution < -0.4 is 0 Å². The highest BCUT2D eigenvalue weighted by Crippen LogP contribution is 2.45. The smallest absolute Gasteiger partial charge is 0.302 e. The van der Waals surface area contributed by atoms with E-state index in [1.165, 1.54) is 12.1 Å². The molecule has 0 saturated carbocycles. The average molecular weight is 309 g/mol. The first-order chi connectivity index (χ1) is 6.79. The van der Waals surface area contributed by atoms with E-state index >= 15 is 0 Å². The lowest BCUT2D eigenvalue weighted by molar-refractivity contribution is 0.298. The molecule has 0 aliphatic heterocycles. The summed E-state index contributed by atoms with van der Waals surface area (Å²) >= 11 is 17.5. The number of benzene rings is 1. The fraction of sp³-hybridized carbons (Fsp3) is 0. The molecule has 0 fully saturated rings. The van der Waals surface area contributed by atoms with Gasteiger partial charge in [0.05, 0.1) is 15.1 Å². The van der Waals surface area contributed by atoms with Crippen molar-refractivity contribution in [2.75, 3.05) is 0 Å². The van der Waals surface area contributed by atoms with Crippen LogP contribution >= 0.6 is 54.7 Å². The molecule has 2 N–H and O–H groups in total. The van der Waals surface area contributed by atoms with Gasteiger partial charge in [0.25, 0.3) is 0 Å². The molecule has 0 saturated heterocycles. The summed E-state index contributed by atoms with van der Waals surface area (Å²) in [5.41, 5.74) is 0. The molecule has 0 amide bonds. The van der Waals surface area contributed by atoms with Gasteiger partial charge in [-0.05, 0) is 12.1 Å². The Kier molecular flexibility index (Phi) is 4.77. The topological polar surface area (TPSA) is 66.8 Å². The molecule has 84 valence electrons. The van der Waals surface area contributed by atoms with Gasteiger partial charge in [0, 0.05) is 16.9 Å². The van der Waals surface area contributed by atoms with E-state index < -0.39 is 7.82 Å². The minimum Gasteiger partial charge on any atom is -0.302 e. The number of hydrogen-bond donors (Lipinski definition) is 2. The van der Waals surface area contributed by atoms with Crippen LogP contribution in [0.15, 0.2) is 17.0 Å². The molecule has 4 nitrogen and oxygen atoms in total. The SMILES string of the molecule is O=P(O)(O)OSc1cc(Cl)c(Cl)c(Cl)c1. The van der Waals surface area contributed by atoms with E-state index in [4.69, 9.17) is 44.6 Å². The molecule has 1 aromatic rings. The second kappa shape index (κ2) is 5.25. The highest BCUT2D eigenvalue weighted by molar-refractivity contribution is 7.97. The molecule has 0 spiro atoms. The minimum atomic E-state index is -4.53. The van der Waals surface area contributed by atoms with Crippen molar-refractivity contribution in [1.82, 2.24) is 0 Å². The summed E-state index contributed by atoms with van der Waals surface area (Å²) in [6, 6.07) is 2.77. The predicted octanol–water partition coefficient (Wildman–Crippen LogP) is 3.76. The summed E-state index contributed by atoms with van der Waals surface area (Å²) in [5.74, 6) is 0. The van der Waals surface area contributed by atoms with Crippen LogP contribution in [0.5, 0.6) is 0 Å². The van der Waals surface area contributed by atoms with E-state index in [-0.39, 0.29) is 15.1 Å². The first-order valence-corrected chi connectivity index (χ1v) is 6.76. The maximum atomic E-state index is 10.4. The molecule has 0 atom stereocenters. The predicted molar refractivity (Wildman–Crippen MR) is 60.5 cm³/mol. The van der Waals surface area contributed by atoms with Gasteiger partial charge in [0.1, 0.15) is 0 Å². The zero-order valence-electron chi connectivity index (χ0n) is 6.85. The second-order valence-electron chi connectivity index (χ2n) is 2.35. The van der Waals surface area contributed by atoms with Gasteiger partial charge in [-0.2, -0.15) is 0 Å². The van der Waals surface area contributed by atoms with Crippen molar-refractivity contribution in [1.29, 1.82) is 0 Å². The Morgan fingerprint density at radius 1 is 1.20 bits per heavy atom. The van der Waals surface area contributed by atoms with E-state index in [0.29, 0.717) is 16.9 Å². The van der Waals surface area contributed by atoms with Crippen LogP contribution in [-0.2, 0) is 8.54 Å². The van der Waals surface area contributed by atoms with E-state index in [0.717, 1.165) is 0 Å². The monoisotopic (exact) mass is 308 g/mol. The molecule has 0 bridgehead atoms. The van der Waals surface area contributed by atoms with Crippen molar-refractivity contribution in [3.63, 3.8) is 0 Å². The van der Waals surface area contributed by atoms with Gasteiger partial charge in [0.2, 0.25) is 0 Å². The zero-order valence-corrected chi connectivity index (χ0v) is 10.8. The Morgan fingerprint density at radius 3 is 2.07 bits per heavy atom. The van der Waals surface area contributed by atoms with Gasteiger partial charge < -0.3 is 9.79 Å². The third-order valence-corrected chi connectivity index (χ3v) is 3.89. The van der Waals surface area contributed by atoms with Crippen LogP contribution in [0.2, 0.25) is 15.1 Å². The summed E-state index contributed by atoms with van der Waals surface area (Å²) in [4.78, 5) is 17.2. The van der Waals surface area contributed by atoms with Gasteiger partial charge in [-0.1, -0.05) is 34.8 Å². The maximum Gasteiger partial charge on any atom is 0.481 e. The average Bonchev–Trinajstić information content (AvgIpc) is 2.09. The molecule has 0 unspecified atom stereocenters. The third kappa shape index (κ3) is 4.51. The lowest BCUT2D eigenvalue weighted by atomic mass is 10.4. The van der Waals surface area contributed by atoms with Crippen molar-refractivity contribution in [3.05, 3.63) is 27.2 Å². The Balaban J connectivity index is 2.84. The van der Waals surface area contributed by atoms with Crippen molar-refractivity contribution < 1.29 is 18.3 Å². The fourth-order valence-corrected chi connectivity index (χ4v) is 2.46. The van der Waals surface area contributed by atoms with Crippen molar-refractivity contribution in [2.45, 2.75) is 4.90 Å². The van der Waals surface area contributed by atoms with Crippen LogP contribution in [-0.4, -0.2) is 9.79 Å². The van der Waals surface area contributed by atoms with E-state index in [2.05, 4.69) is 3.97 Å². The highest BCUT2D eigenvalue weighted by Gasteiger charge is 2.16. The summed E-state index contributed by atoms with van der Waals surface area (Å²) in [6.07, 6.45) is 0. The molecular formula is C6H4Cl3O4PS. The summed E-state index contributed by atoms with van der Waals surface area (Å²) in [6.45, 7) is 0. The fourth-order valence-electron chi connectivity index (χ4n) is 0.672. The number of halogens is 3. The minimum absolute atomic E-state index is 0.180. The normalized spacial score (nSPS) is 11.8. The first-order valence-electron chi connectivity index (χ1n) is 3.36. The van der Waals surface area contributed by atoms with Crippen LogP contribution in [0, 0.1) is 0 Å². The van der Waals surface area contributed by atoms with E-state index in [1.807, 2.05) is 0 Å².